The minimum atomic E-state index is -0.115. The summed E-state index contributed by atoms with van der Waals surface area (Å²) in [6.45, 7) is 4.85. The van der Waals surface area contributed by atoms with Crippen LogP contribution in [0.25, 0.3) is 0 Å². The molecular formula is C14H23N5O. The van der Waals surface area contributed by atoms with Crippen molar-refractivity contribution in [1.29, 1.82) is 0 Å². The highest BCUT2D eigenvalue weighted by atomic mass is 16.2. The van der Waals surface area contributed by atoms with Crippen molar-refractivity contribution in [2.45, 2.75) is 45.1 Å². The first-order valence-corrected chi connectivity index (χ1v) is 7.63. The van der Waals surface area contributed by atoms with Crippen LogP contribution >= 0.6 is 0 Å². The van der Waals surface area contributed by atoms with Gasteiger partial charge in [-0.15, -0.1) is 0 Å². The standard InChI is InChI=1S/C14H23N5O/c1-10-13(17-18-16-10)14(20)15-8-11-6-7-19(9-11)12-4-2-3-5-12/h11-12H,2-9H2,1H3,(H,15,20)(H,16,17,18). The molecule has 1 atom stereocenters. The van der Waals surface area contributed by atoms with E-state index < -0.39 is 0 Å². The molecule has 1 aliphatic heterocycles. The van der Waals surface area contributed by atoms with Gasteiger partial charge in [-0.25, -0.2) is 0 Å². The molecule has 1 saturated heterocycles. The molecule has 20 heavy (non-hydrogen) atoms. The van der Waals surface area contributed by atoms with E-state index in [0.29, 0.717) is 17.3 Å². The molecule has 6 heteroatoms. The van der Waals surface area contributed by atoms with Crippen LogP contribution in [0.3, 0.4) is 0 Å². The lowest BCUT2D eigenvalue weighted by Gasteiger charge is -2.23. The second-order valence-corrected chi connectivity index (χ2v) is 6.06. The van der Waals surface area contributed by atoms with Crippen LogP contribution in [0.1, 0.15) is 48.3 Å². The number of amides is 1. The minimum Gasteiger partial charge on any atom is -0.350 e. The summed E-state index contributed by atoms with van der Waals surface area (Å²) in [5.74, 6) is 0.460. The molecule has 3 rings (SSSR count). The summed E-state index contributed by atoms with van der Waals surface area (Å²) in [5, 5.41) is 13.2. The minimum absolute atomic E-state index is 0.115. The second-order valence-electron chi connectivity index (χ2n) is 6.06. The third-order valence-electron chi connectivity index (χ3n) is 4.65. The fraction of sp³-hybridized carbons (Fsp3) is 0.786. The molecule has 1 unspecified atom stereocenters. The van der Waals surface area contributed by atoms with Gasteiger partial charge in [0, 0.05) is 19.1 Å². The van der Waals surface area contributed by atoms with Crippen LogP contribution in [0.2, 0.25) is 0 Å². The fourth-order valence-corrected chi connectivity index (χ4v) is 3.45. The van der Waals surface area contributed by atoms with Gasteiger partial charge in [0.25, 0.3) is 5.91 Å². The Balaban J connectivity index is 1.45. The van der Waals surface area contributed by atoms with Crippen LogP contribution in [-0.4, -0.2) is 51.9 Å². The lowest BCUT2D eigenvalue weighted by molar-refractivity contribution is 0.0941. The van der Waals surface area contributed by atoms with Gasteiger partial charge in [0.15, 0.2) is 5.69 Å². The summed E-state index contributed by atoms with van der Waals surface area (Å²) >= 11 is 0. The Morgan fingerprint density at radius 1 is 1.35 bits per heavy atom. The predicted molar refractivity (Wildman–Crippen MR) is 75.4 cm³/mol. The average molecular weight is 277 g/mol. The monoisotopic (exact) mass is 277 g/mol. The number of hydrogen-bond acceptors (Lipinski definition) is 4. The second kappa shape index (κ2) is 5.91. The maximum absolute atomic E-state index is 12.0. The Morgan fingerprint density at radius 2 is 2.15 bits per heavy atom. The molecule has 1 aromatic heterocycles. The van der Waals surface area contributed by atoms with Crippen molar-refractivity contribution in [2.75, 3.05) is 19.6 Å². The van der Waals surface area contributed by atoms with Gasteiger partial charge in [0.1, 0.15) is 0 Å². The van der Waals surface area contributed by atoms with Gasteiger partial charge >= 0.3 is 0 Å². The molecule has 6 nitrogen and oxygen atoms in total. The van der Waals surface area contributed by atoms with Crippen LogP contribution in [0.4, 0.5) is 0 Å². The molecule has 2 aliphatic rings. The van der Waals surface area contributed by atoms with Crippen molar-refractivity contribution >= 4 is 5.91 Å². The van der Waals surface area contributed by atoms with E-state index in [1.54, 1.807) is 6.92 Å². The molecule has 1 aromatic rings. The Bertz CT molecular complexity index is 466. The number of aryl methyl sites for hydroxylation is 1. The number of carbonyl (C=O) groups is 1. The molecule has 2 N–H and O–H groups in total. The lowest BCUT2D eigenvalue weighted by atomic mass is 10.1. The van der Waals surface area contributed by atoms with Crippen LogP contribution < -0.4 is 5.32 Å². The van der Waals surface area contributed by atoms with Crippen molar-refractivity contribution in [3.63, 3.8) is 0 Å². The van der Waals surface area contributed by atoms with Crippen molar-refractivity contribution in [2.24, 2.45) is 5.92 Å². The van der Waals surface area contributed by atoms with Gasteiger partial charge in [-0.3, -0.25) is 4.79 Å². The Hall–Kier alpha value is -1.43. The molecular weight excluding hydrogens is 254 g/mol. The number of hydrogen-bond donors (Lipinski definition) is 2. The highest BCUT2D eigenvalue weighted by Crippen LogP contribution is 2.28. The van der Waals surface area contributed by atoms with Crippen LogP contribution in [-0.2, 0) is 0 Å². The van der Waals surface area contributed by atoms with Crippen molar-refractivity contribution in [1.82, 2.24) is 25.6 Å². The first-order valence-electron chi connectivity index (χ1n) is 7.63. The van der Waals surface area contributed by atoms with E-state index in [1.165, 1.54) is 38.6 Å². The fourth-order valence-electron chi connectivity index (χ4n) is 3.45. The number of nitrogens with one attached hydrogen (secondary N) is 2. The molecule has 2 fully saturated rings. The SMILES string of the molecule is Cc1n[nH]nc1C(=O)NCC1CCN(C2CCCC2)C1. The summed E-state index contributed by atoms with van der Waals surface area (Å²) in [7, 11) is 0. The highest BCUT2D eigenvalue weighted by Gasteiger charge is 2.30. The van der Waals surface area contributed by atoms with E-state index in [1.807, 2.05) is 0 Å². The number of rotatable bonds is 4. The Kier molecular flexibility index (Phi) is 4.00. The quantitative estimate of drug-likeness (QED) is 0.864. The summed E-state index contributed by atoms with van der Waals surface area (Å²) in [5.41, 5.74) is 1.07. The zero-order valence-corrected chi connectivity index (χ0v) is 12.1. The summed E-state index contributed by atoms with van der Waals surface area (Å²) in [6.07, 6.45) is 6.67. The van der Waals surface area contributed by atoms with Gasteiger partial charge in [-0.2, -0.15) is 15.4 Å². The van der Waals surface area contributed by atoms with Crippen molar-refractivity contribution in [3.05, 3.63) is 11.4 Å². The van der Waals surface area contributed by atoms with E-state index in [-0.39, 0.29) is 5.91 Å². The summed E-state index contributed by atoms with van der Waals surface area (Å²) in [6, 6.07) is 0.800. The third kappa shape index (κ3) is 2.85. The lowest BCUT2D eigenvalue weighted by Crippen LogP contribution is -2.34. The molecule has 0 bridgehead atoms. The Labute approximate surface area is 119 Å². The van der Waals surface area contributed by atoms with E-state index in [2.05, 4.69) is 25.6 Å². The molecule has 0 spiro atoms. The number of likely N-dealkylation sites (tertiary alicyclic amines) is 1. The van der Waals surface area contributed by atoms with Crippen molar-refractivity contribution in [3.8, 4) is 0 Å². The first kappa shape index (κ1) is 13.5. The molecule has 0 aromatic carbocycles. The van der Waals surface area contributed by atoms with E-state index >= 15 is 0 Å². The topological polar surface area (TPSA) is 73.9 Å². The summed E-state index contributed by atoms with van der Waals surface area (Å²) < 4.78 is 0. The molecule has 1 saturated carbocycles. The van der Waals surface area contributed by atoms with E-state index in [0.717, 1.165) is 19.1 Å². The average Bonchev–Trinajstić information content (AvgIpc) is 3.16. The zero-order chi connectivity index (χ0) is 13.9. The van der Waals surface area contributed by atoms with Crippen LogP contribution in [0, 0.1) is 12.8 Å². The summed E-state index contributed by atoms with van der Waals surface area (Å²) in [4.78, 5) is 14.6. The van der Waals surface area contributed by atoms with Gasteiger partial charge in [0.05, 0.1) is 5.69 Å². The molecule has 2 heterocycles. The normalized spacial score (nSPS) is 24.4. The van der Waals surface area contributed by atoms with Gasteiger partial charge in [0.2, 0.25) is 0 Å². The van der Waals surface area contributed by atoms with Crippen LogP contribution in [0.15, 0.2) is 0 Å². The molecule has 0 radical (unpaired) electrons. The van der Waals surface area contributed by atoms with Gasteiger partial charge in [-0.05, 0) is 38.6 Å². The number of H-pyrrole nitrogens is 1. The number of aromatic nitrogens is 3. The van der Waals surface area contributed by atoms with E-state index in [4.69, 9.17) is 0 Å². The van der Waals surface area contributed by atoms with Crippen LogP contribution in [0.5, 0.6) is 0 Å². The highest BCUT2D eigenvalue weighted by molar-refractivity contribution is 5.93. The first-order chi connectivity index (χ1) is 9.74. The predicted octanol–water partition coefficient (Wildman–Crippen LogP) is 1.11. The number of carbonyl (C=O) groups excluding carboxylic acids is 1. The zero-order valence-electron chi connectivity index (χ0n) is 12.1. The van der Waals surface area contributed by atoms with Crippen molar-refractivity contribution < 1.29 is 4.79 Å². The largest absolute Gasteiger partial charge is 0.350 e. The Morgan fingerprint density at radius 3 is 2.85 bits per heavy atom. The smallest absolute Gasteiger partial charge is 0.273 e. The maximum atomic E-state index is 12.0. The number of aromatic amines is 1. The van der Waals surface area contributed by atoms with Gasteiger partial charge < -0.3 is 10.2 Å². The molecule has 110 valence electrons. The molecule has 1 aliphatic carbocycles. The maximum Gasteiger partial charge on any atom is 0.273 e. The molecule has 1 amide bonds. The van der Waals surface area contributed by atoms with E-state index in [9.17, 15) is 4.79 Å². The third-order valence-corrected chi connectivity index (χ3v) is 4.65. The van der Waals surface area contributed by atoms with Gasteiger partial charge in [-0.1, -0.05) is 12.8 Å². The number of nitrogens with zero attached hydrogens (tertiary/aromatic N) is 3.